The number of ether oxygens (including phenoxy) is 1. The van der Waals surface area contributed by atoms with Gasteiger partial charge in [0.2, 0.25) is 0 Å². The molecule has 1 aliphatic heterocycles. The Hall–Kier alpha value is -3.53. The molecule has 10 heteroatoms. The van der Waals surface area contributed by atoms with Gasteiger partial charge in [-0.1, -0.05) is 12.1 Å². The fourth-order valence-corrected chi connectivity index (χ4v) is 3.92. The first-order valence-electron chi connectivity index (χ1n) is 11.2. The summed E-state index contributed by atoms with van der Waals surface area (Å²) >= 11 is 0. The Kier molecular flexibility index (Phi) is 7.30. The molecule has 0 saturated carbocycles. The maximum atomic E-state index is 13.0. The van der Waals surface area contributed by atoms with Gasteiger partial charge in [-0.25, -0.2) is 0 Å². The molecule has 1 saturated heterocycles. The van der Waals surface area contributed by atoms with Crippen molar-refractivity contribution in [2.75, 3.05) is 26.2 Å². The molecule has 7 nitrogen and oxygen atoms in total. The smallest absolute Gasteiger partial charge is 0.416 e. The van der Waals surface area contributed by atoms with Gasteiger partial charge in [0.15, 0.2) is 5.76 Å². The van der Waals surface area contributed by atoms with Crippen LogP contribution in [-0.2, 0) is 28.9 Å². The highest BCUT2D eigenvalue weighted by Gasteiger charge is 2.31. The van der Waals surface area contributed by atoms with Crippen molar-refractivity contribution in [1.82, 2.24) is 9.80 Å². The van der Waals surface area contributed by atoms with Crippen molar-refractivity contribution < 1.29 is 36.3 Å². The molecular formula is C25H25F3N2O5. The van der Waals surface area contributed by atoms with Crippen molar-refractivity contribution >= 4 is 11.9 Å². The van der Waals surface area contributed by atoms with Crippen molar-refractivity contribution in [1.29, 1.82) is 0 Å². The fourth-order valence-electron chi connectivity index (χ4n) is 3.92. The Balaban J connectivity index is 1.35. The molecule has 186 valence electrons. The topological polar surface area (TPSA) is 76.1 Å². The van der Waals surface area contributed by atoms with Gasteiger partial charge in [-0.15, -0.1) is 0 Å². The number of rotatable bonds is 6. The van der Waals surface area contributed by atoms with Gasteiger partial charge < -0.3 is 18.5 Å². The van der Waals surface area contributed by atoms with E-state index in [1.54, 1.807) is 11.0 Å². The summed E-state index contributed by atoms with van der Waals surface area (Å²) < 4.78 is 55.3. The van der Waals surface area contributed by atoms with E-state index in [0.717, 1.165) is 30.9 Å². The first-order valence-corrected chi connectivity index (χ1v) is 11.2. The molecule has 1 amide bonds. The van der Waals surface area contributed by atoms with Crippen molar-refractivity contribution in [3.05, 3.63) is 71.4 Å². The molecule has 0 spiro atoms. The van der Waals surface area contributed by atoms with Gasteiger partial charge in [-0.05, 0) is 42.8 Å². The highest BCUT2D eigenvalue weighted by atomic mass is 19.4. The highest BCUT2D eigenvalue weighted by Crippen LogP contribution is 2.32. The Morgan fingerprint density at radius 3 is 2.54 bits per heavy atom. The molecule has 3 heterocycles. The number of hydrogen-bond acceptors (Lipinski definition) is 6. The van der Waals surface area contributed by atoms with Crippen molar-refractivity contribution in [3.8, 4) is 11.3 Å². The average molecular weight is 490 g/mol. The first-order chi connectivity index (χ1) is 16.7. The van der Waals surface area contributed by atoms with E-state index in [0.29, 0.717) is 31.9 Å². The van der Waals surface area contributed by atoms with Crippen LogP contribution >= 0.6 is 0 Å². The number of carbonyl (C=O) groups excluding carboxylic acids is 2. The minimum absolute atomic E-state index is 0.0866. The van der Waals surface area contributed by atoms with E-state index in [9.17, 15) is 22.8 Å². The molecule has 2 aromatic heterocycles. The third kappa shape index (κ3) is 6.33. The number of nitrogens with zero attached hydrogens (tertiary/aromatic N) is 2. The number of amides is 1. The van der Waals surface area contributed by atoms with E-state index in [-0.39, 0.29) is 35.6 Å². The van der Waals surface area contributed by atoms with Crippen LogP contribution in [0.2, 0.25) is 0 Å². The van der Waals surface area contributed by atoms with Crippen LogP contribution in [0.25, 0.3) is 11.3 Å². The summed E-state index contributed by atoms with van der Waals surface area (Å²) in [6.07, 6.45) is -3.72. The Bertz CT molecular complexity index is 1180. The molecule has 0 N–H and O–H groups in total. The van der Waals surface area contributed by atoms with Crippen molar-refractivity contribution in [2.45, 2.75) is 32.7 Å². The Morgan fingerprint density at radius 1 is 0.971 bits per heavy atom. The molecule has 1 aromatic carbocycles. The van der Waals surface area contributed by atoms with Crippen LogP contribution in [0.4, 0.5) is 13.2 Å². The zero-order valence-corrected chi connectivity index (χ0v) is 19.1. The fraction of sp³-hybridized carbons (Fsp3) is 0.360. The summed E-state index contributed by atoms with van der Waals surface area (Å²) in [5.74, 6) is 0.927. The second-order valence-corrected chi connectivity index (χ2v) is 8.31. The third-order valence-electron chi connectivity index (χ3n) is 5.68. The number of hydrogen-bond donors (Lipinski definition) is 0. The van der Waals surface area contributed by atoms with Gasteiger partial charge in [-0.3, -0.25) is 14.5 Å². The first kappa shape index (κ1) is 24.6. The van der Waals surface area contributed by atoms with Crippen LogP contribution < -0.4 is 0 Å². The second-order valence-electron chi connectivity index (χ2n) is 8.31. The standard InChI is InChI=1S/C25H25F3N2O5/c1-17(31)33-16-21-7-6-20(34-21)15-29-10-3-11-30(13-12-29)24(32)23-9-8-22(35-23)18-4-2-5-19(14-18)25(26,27)28/h2,4-9,14H,3,10-13,15-16H2,1H3. The molecule has 1 fully saturated rings. The second kappa shape index (κ2) is 10.4. The van der Waals surface area contributed by atoms with Gasteiger partial charge in [-0.2, -0.15) is 13.2 Å². The summed E-state index contributed by atoms with van der Waals surface area (Å²) in [5.41, 5.74) is -0.519. The SMILES string of the molecule is CC(=O)OCc1ccc(CN2CCCN(C(=O)c3ccc(-c4cccc(C(F)(F)F)c4)o3)CC2)o1. The molecule has 0 atom stereocenters. The van der Waals surface area contributed by atoms with Gasteiger partial charge >= 0.3 is 12.1 Å². The monoisotopic (exact) mass is 490 g/mol. The lowest BCUT2D eigenvalue weighted by Crippen LogP contribution is -2.34. The van der Waals surface area contributed by atoms with Crippen LogP contribution in [0.3, 0.4) is 0 Å². The number of benzene rings is 1. The number of alkyl halides is 3. The average Bonchev–Trinajstić information content (AvgIpc) is 3.42. The Morgan fingerprint density at radius 2 is 1.77 bits per heavy atom. The minimum Gasteiger partial charge on any atom is -0.461 e. The zero-order chi connectivity index (χ0) is 25.0. The highest BCUT2D eigenvalue weighted by molar-refractivity contribution is 5.92. The molecule has 1 aliphatic rings. The normalized spacial score (nSPS) is 15.1. The van der Waals surface area contributed by atoms with E-state index in [2.05, 4.69) is 4.90 Å². The van der Waals surface area contributed by atoms with Crippen LogP contribution in [0.1, 0.15) is 41.0 Å². The van der Waals surface area contributed by atoms with E-state index in [4.69, 9.17) is 13.6 Å². The molecular weight excluding hydrogens is 465 g/mol. The number of carbonyl (C=O) groups is 2. The molecule has 0 aliphatic carbocycles. The quantitative estimate of drug-likeness (QED) is 0.454. The summed E-state index contributed by atoms with van der Waals surface area (Å²) in [5, 5.41) is 0. The van der Waals surface area contributed by atoms with Gasteiger partial charge in [0, 0.05) is 38.7 Å². The summed E-state index contributed by atoms with van der Waals surface area (Å²) in [6.45, 7) is 4.36. The lowest BCUT2D eigenvalue weighted by Gasteiger charge is -2.20. The molecule has 0 radical (unpaired) electrons. The largest absolute Gasteiger partial charge is 0.461 e. The van der Waals surface area contributed by atoms with E-state index < -0.39 is 11.7 Å². The van der Waals surface area contributed by atoms with Crippen LogP contribution in [-0.4, -0.2) is 47.9 Å². The summed E-state index contributed by atoms with van der Waals surface area (Å²) in [7, 11) is 0. The maximum Gasteiger partial charge on any atom is 0.416 e. The van der Waals surface area contributed by atoms with Crippen LogP contribution in [0, 0.1) is 0 Å². The maximum absolute atomic E-state index is 13.0. The van der Waals surface area contributed by atoms with E-state index in [1.165, 1.54) is 31.2 Å². The van der Waals surface area contributed by atoms with Crippen LogP contribution in [0.5, 0.6) is 0 Å². The molecule has 0 bridgehead atoms. The van der Waals surface area contributed by atoms with Gasteiger partial charge in [0.1, 0.15) is 23.9 Å². The molecule has 4 rings (SSSR count). The lowest BCUT2D eigenvalue weighted by molar-refractivity contribution is -0.142. The van der Waals surface area contributed by atoms with E-state index in [1.807, 2.05) is 6.07 Å². The summed E-state index contributed by atoms with van der Waals surface area (Å²) in [4.78, 5) is 27.8. The predicted molar refractivity (Wildman–Crippen MR) is 119 cm³/mol. The van der Waals surface area contributed by atoms with Gasteiger partial charge in [0.25, 0.3) is 5.91 Å². The summed E-state index contributed by atoms with van der Waals surface area (Å²) in [6, 6.07) is 11.4. The predicted octanol–water partition coefficient (Wildman–Crippen LogP) is 4.97. The number of furan rings is 2. The third-order valence-corrected chi connectivity index (χ3v) is 5.68. The van der Waals surface area contributed by atoms with Gasteiger partial charge in [0.05, 0.1) is 12.1 Å². The minimum atomic E-state index is -4.46. The van der Waals surface area contributed by atoms with E-state index >= 15 is 0 Å². The number of halogens is 3. The Labute approximate surface area is 200 Å². The zero-order valence-electron chi connectivity index (χ0n) is 19.1. The van der Waals surface area contributed by atoms with Crippen molar-refractivity contribution in [3.63, 3.8) is 0 Å². The molecule has 35 heavy (non-hydrogen) atoms. The number of esters is 1. The lowest BCUT2D eigenvalue weighted by atomic mass is 10.1. The van der Waals surface area contributed by atoms with Crippen LogP contribution in [0.15, 0.2) is 57.4 Å². The molecule has 0 unspecified atom stereocenters. The van der Waals surface area contributed by atoms with Crippen molar-refractivity contribution in [2.24, 2.45) is 0 Å². The molecule has 3 aromatic rings.